The molecule has 1 heterocycles. The SMILES string of the molecule is CC12CCC3[C@H](CCC4(C)C(C(=O)Cn5cc(C#N)cn5)CC[C@@H]34)C1CC[C@@](C)(O)C2. The summed E-state index contributed by atoms with van der Waals surface area (Å²) in [5.41, 5.74) is 0.408. The highest BCUT2D eigenvalue weighted by molar-refractivity contribution is 5.82. The average Bonchev–Trinajstić information content (AvgIpc) is 3.29. The highest BCUT2D eigenvalue weighted by Crippen LogP contribution is 2.67. The topological polar surface area (TPSA) is 78.9 Å². The zero-order valence-electron chi connectivity index (χ0n) is 19.3. The normalized spacial score (nSPS) is 46.5. The molecule has 5 heteroatoms. The van der Waals surface area contributed by atoms with Crippen LogP contribution in [-0.2, 0) is 11.3 Å². The van der Waals surface area contributed by atoms with Crippen LogP contribution in [0.1, 0.15) is 84.1 Å². The van der Waals surface area contributed by atoms with Crippen molar-refractivity contribution in [3.8, 4) is 6.07 Å². The van der Waals surface area contributed by atoms with E-state index in [9.17, 15) is 9.90 Å². The zero-order valence-corrected chi connectivity index (χ0v) is 19.3. The summed E-state index contributed by atoms with van der Waals surface area (Å²) in [4.78, 5) is 13.3. The van der Waals surface area contributed by atoms with Gasteiger partial charge in [0.05, 0.1) is 23.9 Å². The molecular weight excluding hydrogens is 386 g/mol. The van der Waals surface area contributed by atoms with Crippen LogP contribution >= 0.6 is 0 Å². The van der Waals surface area contributed by atoms with Crippen molar-refractivity contribution >= 4 is 5.78 Å². The van der Waals surface area contributed by atoms with Gasteiger partial charge in [0.15, 0.2) is 5.78 Å². The molecule has 5 unspecified atom stereocenters. The van der Waals surface area contributed by atoms with Gasteiger partial charge in [0.2, 0.25) is 0 Å². The molecule has 31 heavy (non-hydrogen) atoms. The van der Waals surface area contributed by atoms with Crippen LogP contribution in [0, 0.1) is 51.8 Å². The van der Waals surface area contributed by atoms with E-state index < -0.39 is 5.60 Å². The van der Waals surface area contributed by atoms with E-state index in [-0.39, 0.29) is 16.7 Å². The molecule has 0 amide bonds. The number of aliphatic hydroxyl groups is 1. The molecule has 0 radical (unpaired) electrons. The van der Waals surface area contributed by atoms with Gasteiger partial charge in [-0.05, 0) is 99.2 Å². The van der Waals surface area contributed by atoms with Gasteiger partial charge in [-0.3, -0.25) is 9.48 Å². The minimum atomic E-state index is -0.496. The average molecular weight is 424 g/mol. The maximum absolute atomic E-state index is 13.3. The molecule has 4 fully saturated rings. The van der Waals surface area contributed by atoms with Crippen LogP contribution in [0.3, 0.4) is 0 Å². The number of rotatable bonds is 3. The molecular formula is C26H37N3O2. The maximum atomic E-state index is 13.3. The minimum Gasteiger partial charge on any atom is -0.390 e. The van der Waals surface area contributed by atoms with Crippen molar-refractivity contribution in [2.75, 3.05) is 0 Å². The number of ketones is 1. The Labute approximate surface area is 186 Å². The summed E-state index contributed by atoms with van der Waals surface area (Å²) in [6.45, 7) is 7.16. The molecule has 0 saturated heterocycles. The second kappa shape index (κ2) is 7.17. The lowest BCUT2D eigenvalue weighted by Gasteiger charge is -2.60. The van der Waals surface area contributed by atoms with Gasteiger partial charge >= 0.3 is 0 Å². The lowest BCUT2D eigenvalue weighted by Crippen LogP contribution is -2.54. The molecule has 4 aliphatic carbocycles. The first kappa shape index (κ1) is 21.2. The lowest BCUT2D eigenvalue weighted by molar-refractivity contribution is -0.145. The van der Waals surface area contributed by atoms with E-state index in [1.54, 1.807) is 10.9 Å². The standard InChI is InChI=1S/C26H37N3O2/c1-24-9-6-19-18(20(24)8-10-25(2,31)16-24)7-11-26(3)21(19)4-5-22(26)23(30)15-29-14-17(12-27)13-28-29/h13-14,18-22,31H,4-11,15-16H2,1-3H3/t18-,19?,20?,21-,22?,24?,25+,26?/m0/s1. The summed E-state index contributed by atoms with van der Waals surface area (Å²) in [5, 5.41) is 24.0. The fraction of sp³-hybridized carbons (Fsp3) is 0.808. The predicted octanol–water partition coefficient (Wildman–Crippen LogP) is 4.73. The molecule has 5 nitrogen and oxygen atoms in total. The van der Waals surface area contributed by atoms with Gasteiger partial charge in [-0.25, -0.2) is 0 Å². The Hall–Kier alpha value is -1.67. The fourth-order valence-electron chi connectivity index (χ4n) is 8.94. The Morgan fingerprint density at radius 1 is 1.13 bits per heavy atom. The summed E-state index contributed by atoms with van der Waals surface area (Å²) in [5.74, 6) is 3.32. The number of carbonyl (C=O) groups is 1. The number of aromatic nitrogens is 2. The monoisotopic (exact) mass is 423 g/mol. The summed E-state index contributed by atoms with van der Waals surface area (Å²) in [6.07, 6.45) is 13.3. The van der Waals surface area contributed by atoms with E-state index in [0.29, 0.717) is 23.8 Å². The Morgan fingerprint density at radius 3 is 2.61 bits per heavy atom. The molecule has 0 aliphatic heterocycles. The third kappa shape index (κ3) is 3.37. The molecule has 0 aromatic carbocycles. The van der Waals surface area contributed by atoms with Gasteiger partial charge in [0.25, 0.3) is 0 Å². The predicted molar refractivity (Wildman–Crippen MR) is 118 cm³/mol. The van der Waals surface area contributed by atoms with Crippen LogP contribution in [0.5, 0.6) is 0 Å². The van der Waals surface area contributed by atoms with E-state index >= 15 is 0 Å². The highest BCUT2D eigenvalue weighted by Gasteiger charge is 2.60. The van der Waals surface area contributed by atoms with Crippen molar-refractivity contribution in [2.24, 2.45) is 40.4 Å². The third-order valence-corrected chi connectivity index (χ3v) is 10.2. The van der Waals surface area contributed by atoms with Crippen LogP contribution in [0.4, 0.5) is 0 Å². The molecule has 1 aromatic rings. The molecule has 4 saturated carbocycles. The number of nitrogens with zero attached hydrogens (tertiary/aromatic N) is 3. The van der Waals surface area contributed by atoms with E-state index in [2.05, 4.69) is 25.0 Å². The fourth-order valence-corrected chi connectivity index (χ4v) is 8.94. The minimum absolute atomic E-state index is 0.108. The first-order chi connectivity index (χ1) is 14.7. The molecule has 1 N–H and O–H groups in total. The molecule has 8 atom stereocenters. The van der Waals surface area contributed by atoms with Crippen molar-refractivity contribution in [3.05, 3.63) is 18.0 Å². The van der Waals surface area contributed by atoms with E-state index in [0.717, 1.165) is 49.9 Å². The molecule has 0 bridgehead atoms. The van der Waals surface area contributed by atoms with Gasteiger partial charge in [-0.15, -0.1) is 0 Å². The lowest BCUT2D eigenvalue weighted by atomic mass is 9.45. The number of hydrogen-bond donors (Lipinski definition) is 1. The first-order valence-corrected chi connectivity index (χ1v) is 12.3. The van der Waals surface area contributed by atoms with Crippen molar-refractivity contribution in [3.63, 3.8) is 0 Å². The largest absolute Gasteiger partial charge is 0.390 e. The summed E-state index contributed by atoms with van der Waals surface area (Å²) >= 11 is 0. The summed E-state index contributed by atoms with van der Waals surface area (Å²) in [7, 11) is 0. The zero-order chi connectivity index (χ0) is 22.0. The Kier molecular flexibility index (Phi) is 4.90. The van der Waals surface area contributed by atoms with Crippen molar-refractivity contribution < 1.29 is 9.90 Å². The number of carbonyl (C=O) groups excluding carboxylic acids is 1. The Morgan fingerprint density at radius 2 is 1.87 bits per heavy atom. The van der Waals surface area contributed by atoms with Gasteiger partial charge in [0.1, 0.15) is 6.07 Å². The van der Waals surface area contributed by atoms with Gasteiger partial charge in [-0.1, -0.05) is 13.8 Å². The first-order valence-electron chi connectivity index (χ1n) is 12.3. The number of Topliss-reactive ketones (excluding diaryl/α,β-unsaturated/α-hetero) is 1. The summed E-state index contributed by atoms with van der Waals surface area (Å²) in [6, 6.07) is 2.09. The number of nitriles is 1. The highest BCUT2D eigenvalue weighted by atomic mass is 16.3. The van der Waals surface area contributed by atoms with Crippen LogP contribution < -0.4 is 0 Å². The van der Waals surface area contributed by atoms with Crippen molar-refractivity contribution in [2.45, 2.75) is 90.7 Å². The van der Waals surface area contributed by atoms with Crippen LogP contribution in [-0.4, -0.2) is 26.3 Å². The molecule has 168 valence electrons. The molecule has 1 aromatic heterocycles. The van der Waals surface area contributed by atoms with Gasteiger partial charge < -0.3 is 5.11 Å². The number of hydrogen-bond acceptors (Lipinski definition) is 4. The van der Waals surface area contributed by atoms with Crippen LogP contribution in [0.2, 0.25) is 0 Å². The Balaban J connectivity index is 1.33. The molecule has 4 aliphatic rings. The van der Waals surface area contributed by atoms with Gasteiger partial charge in [0, 0.05) is 12.1 Å². The van der Waals surface area contributed by atoms with Crippen LogP contribution in [0.15, 0.2) is 12.4 Å². The van der Waals surface area contributed by atoms with Crippen molar-refractivity contribution in [1.29, 1.82) is 5.26 Å². The Bertz CT molecular complexity index is 914. The maximum Gasteiger partial charge on any atom is 0.157 e. The van der Waals surface area contributed by atoms with Crippen LogP contribution in [0.25, 0.3) is 0 Å². The quantitative estimate of drug-likeness (QED) is 0.762. The number of fused-ring (bicyclic) bond motifs is 5. The second-order valence-electron chi connectivity index (χ2n) is 12.1. The molecule has 5 rings (SSSR count). The third-order valence-electron chi connectivity index (χ3n) is 10.2. The summed E-state index contributed by atoms with van der Waals surface area (Å²) < 4.78 is 1.64. The second-order valence-corrected chi connectivity index (χ2v) is 12.1. The van der Waals surface area contributed by atoms with E-state index in [4.69, 9.17) is 5.26 Å². The van der Waals surface area contributed by atoms with E-state index in [1.165, 1.54) is 31.9 Å². The van der Waals surface area contributed by atoms with E-state index in [1.807, 2.05) is 6.92 Å². The van der Waals surface area contributed by atoms with Crippen molar-refractivity contribution in [1.82, 2.24) is 9.78 Å². The molecule has 0 spiro atoms. The smallest absolute Gasteiger partial charge is 0.157 e. The van der Waals surface area contributed by atoms with Gasteiger partial charge in [-0.2, -0.15) is 10.4 Å².